The zero-order chi connectivity index (χ0) is 26.3. The van der Waals surface area contributed by atoms with E-state index in [4.69, 9.17) is 0 Å². The van der Waals surface area contributed by atoms with Crippen LogP contribution in [-0.2, 0) is 26.2 Å². The first-order valence-electron chi connectivity index (χ1n) is 11.9. The molecule has 1 N–H and O–H groups in total. The van der Waals surface area contributed by atoms with Crippen molar-refractivity contribution in [3.8, 4) is 0 Å². The third kappa shape index (κ3) is 5.94. The van der Waals surface area contributed by atoms with E-state index in [-0.39, 0.29) is 17.3 Å². The van der Waals surface area contributed by atoms with Crippen LogP contribution in [0.15, 0.2) is 83.8 Å². The minimum Gasteiger partial charge on any atom is -0.357 e. The summed E-state index contributed by atoms with van der Waals surface area (Å²) in [6.45, 7) is 5.30. The van der Waals surface area contributed by atoms with Crippen LogP contribution in [0.4, 0.5) is 5.69 Å². The van der Waals surface area contributed by atoms with Gasteiger partial charge in [-0.25, -0.2) is 8.42 Å². The molecule has 0 unspecified atom stereocenters. The topological polar surface area (TPSA) is 86.8 Å². The highest BCUT2D eigenvalue weighted by molar-refractivity contribution is 7.92. The Morgan fingerprint density at radius 3 is 2.08 bits per heavy atom. The molecule has 3 rings (SSSR count). The average Bonchev–Trinajstić information content (AvgIpc) is 2.89. The number of hydrogen-bond donors (Lipinski definition) is 1. The van der Waals surface area contributed by atoms with Gasteiger partial charge in [0.25, 0.3) is 10.0 Å². The fraction of sp³-hybridized carbons (Fsp3) is 0.286. The molecule has 0 saturated carbocycles. The molecule has 8 heteroatoms. The maximum absolute atomic E-state index is 13.9. The lowest BCUT2D eigenvalue weighted by molar-refractivity contribution is -0.140. The predicted octanol–water partition coefficient (Wildman–Crippen LogP) is 4.05. The Morgan fingerprint density at radius 2 is 1.50 bits per heavy atom. The third-order valence-corrected chi connectivity index (χ3v) is 8.06. The van der Waals surface area contributed by atoms with Gasteiger partial charge in [-0.1, -0.05) is 67.6 Å². The van der Waals surface area contributed by atoms with Crippen molar-refractivity contribution < 1.29 is 18.0 Å². The van der Waals surface area contributed by atoms with E-state index in [1.54, 1.807) is 30.3 Å². The van der Waals surface area contributed by atoms with Gasteiger partial charge in [-0.3, -0.25) is 13.9 Å². The predicted molar refractivity (Wildman–Crippen MR) is 142 cm³/mol. The molecule has 0 aliphatic rings. The van der Waals surface area contributed by atoms with Crippen molar-refractivity contribution in [3.63, 3.8) is 0 Å². The molecule has 2 amide bonds. The number of amides is 2. The second kappa shape index (κ2) is 11.9. The number of anilines is 1. The number of nitrogens with zero attached hydrogens (tertiary/aromatic N) is 2. The number of carbonyl (C=O) groups excluding carboxylic acids is 2. The minimum atomic E-state index is -4.07. The monoisotopic (exact) mass is 507 g/mol. The van der Waals surface area contributed by atoms with Crippen molar-refractivity contribution >= 4 is 27.5 Å². The van der Waals surface area contributed by atoms with E-state index in [2.05, 4.69) is 5.32 Å². The summed E-state index contributed by atoms with van der Waals surface area (Å²) in [5.74, 6) is -0.763. The van der Waals surface area contributed by atoms with Crippen LogP contribution in [0.5, 0.6) is 0 Å². The van der Waals surface area contributed by atoms with Crippen molar-refractivity contribution in [1.82, 2.24) is 10.2 Å². The van der Waals surface area contributed by atoms with Gasteiger partial charge in [0.05, 0.1) is 10.6 Å². The molecule has 1 atom stereocenters. The van der Waals surface area contributed by atoms with E-state index in [0.29, 0.717) is 12.1 Å². The first kappa shape index (κ1) is 26.9. The van der Waals surface area contributed by atoms with Gasteiger partial charge in [0.2, 0.25) is 11.8 Å². The van der Waals surface area contributed by atoms with Crippen LogP contribution >= 0.6 is 0 Å². The van der Waals surface area contributed by atoms with Crippen LogP contribution in [0.1, 0.15) is 30.0 Å². The van der Waals surface area contributed by atoms with Crippen LogP contribution in [-0.4, -0.2) is 44.8 Å². The van der Waals surface area contributed by atoms with E-state index < -0.39 is 28.5 Å². The maximum atomic E-state index is 13.9. The quantitative estimate of drug-likeness (QED) is 0.449. The maximum Gasteiger partial charge on any atom is 0.264 e. The van der Waals surface area contributed by atoms with Crippen LogP contribution in [0.2, 0.25) is 0 Å². The molecule has 3 aromatic rings. The number of benzene rings is 3. The average molecular weight is 508 g/mol. The Bertz CT molecular complexity index is 1290. The Kier molecular flexibility index (Phi) is 8.88. The van der Waals surface area contributed by atoms with Crippen molar-refractivity contribution in [2.75, 3.05) is 17.9 Å². The van der Waals surface area contributed by atoms with Crippen molar-refractivity contribution in [1.29, 1.82) is 0 Å². The smallest absolute Gasteiger partial charge is 0.264 e. The summed E-state index contributed by atoms with van der Waals surface area (Å²) in [7, 11) is -2.54. The van der Waals surface area contributed by atoms with Gasteiger partial charge in [0.15, 0.2) is 0 Å². The highest BCUT2D eigenvalue weighted by Gasteiger charge is 2.33. The first-order valence-corrected chi connectivity index (χ1v) is 13.3. The lowest BCUT2D eigenvalue weighted by atomic mass is 10.1. The fourth-order valence-electron chi connectivity index (χ4n) is 4.11. The second-order valence-electron chi connectivity index (χ2n) is 8.59. The van der Waals surface area contributed by atoms with Crippen molar-refractivity contribution in [2.45, 2.75) is 44.7 Å². The molecule has 0 spiro atoms. The first-order chi connectivity index (χ1) is 17.2. The molecule has 0 heterocycles. The minimum absolute atomic E-state index is 0.0895. The second-order valence-corrected chi connectivity index (χ2v) is 10.5. The van der Waals surface area contributed by atoms with Crippen LogP contribution in [0, 0.1) is 13.8 Å². The molecule has 0 fully saturated rings. The van der Waals surface area contributed by atoms with E-state index in [1.165, 1.54) is 24.1 Å². The molecule has 36 heavy (non-hydrogen) atoms. The standard InChI is InChI=1S/C28H33N3O4S/c1-5-25(28(33)29-4)30(19-23-14-8-6-9-15-23)27(32)20-31(26-18-12-13-21(2)22(26)3)36(34,35)24-16-10-7-11-17-24/h6-18,25H,5,19-20H2,1-4H3,(H,29,33)/t25-/m1/s1. The van der Waals surface area contributed by atoms with E-state index in [0.717, 1.165) is 21.0 Å². The fourth-order valence-corrected chi connectivity index (χ4v) is 5.60. The molecule has 0 radical (unpaired) electrons. The number of nitrogens with one attached hydrogen (secondary N) is 1. The summed E-state index contributed by atoms with van der Waals surface area (Å²) in [4.78, 5) is 28.1. The molecule has 0 saturated heterocycles. The van der Waals surface area contributed by atoms with Gasteiger partial charge >= 0.3 is 0 Å². The molecular weight excluding hydrogens is 474 g/mol. The summed E-state index contributed by atoms with van der Waals surface area (Å²) in [6, 6.07) is 22.0. The number of carbonyl (C=O) groups is 2. The van der Waals surface area contributed by atoms with Gasteiger partial charge in [0.1, 0.15) is 12.6 Å². The van der Waals surface area contributed by atoms with Gasteiger partial charge in [-0.05, 0) is 55.2 Å². The van der Waals surface area contributed by atoms with E-state index >= 15 is 0 Å². The van der Waals surface area contributed by atoms with Crippen LogP contribution < -0.4 is 9.62 Å². The van der Waals surface area contributed by atoms with Crippen LogP contribution in [0.3, 0.4) is 0 Å². The van der Waals surface area contributed by atoms with E-state index in [9.17, 15) is 18.0 Å². The van der Waals surface area contributed by atoms with E-state index in [1.807, 2.05) is 57.2 Å². The molecule has 0 aromatic heterocycles. The summed E-state index contributed by atoms with van der Waals surface area (Å²) < 4.78 is 28.8. The summed E-state index contributed by atoms with van der Waals surface area (Å²) >= 11 is 0. The third-order valence-electron chi connectivity index (χ3n) is 6.28. The Hall–Kier alpha value is -3.65. The molecule has 0 bridgehead atoms. The number of likely N-dealkylation sites (N-methyl/N-ethyl adjacent to an activating group) is 1. The Morgan fingerprint density at radius 1 is 0.889 bits per heavy atom. The SMILES string of the molecule is CC[C@H](C(=O)NC)N(Cc1ccccc1)C(=O)CN(c1cccc(C)c1C)S(=O)(=O)c1ccccc1. The Balaban J connectivity index is 2.09. The summed E-state index contributed by atoms with van der Waals surface area (Å²) in [5, 5.41) is 2.63. The zero-order valence-electron chi connectivity index (χ0n) is 21.1. The molecule has 3 aromatic carbocycles. The number of sulfonamides is 1. The van der Waals surface area contributed by atoms with Crippen molar-refractivity contribution in [2.24, 2.45) is 0 Å². The van der Waals surface area contributed by atoms with Crippen LogP contribution in [0.25, 0.3) is 0 Å². The Labute approximate surface area is 213 Å². The molecule has 190 valence electrons. The van der Waals surface area contributed by atoms with Crippen molar-refractivity contribution in [3.05, 3.63) is 95.6 Å². The lowest BCUT2D eigenvalue weighted by Crippen LogP contribution is -2.51. The zero-order valence-corrected chi connectivity index (χ0v) is 22.0. The van der Waals surface area contributed by atoms with Gasteiger partial charge < -0.3 is 10.2 Å². The van der Waals surface area contributed by atoms with Gasteiger partial charge in [-0.15, -0.1) is 0 Å². The van der Waals surface area contributed by atoms with Gasteiger partial charge in [-0.2, -0.15) is 0 Å². The number of rotatable bonds is 10. The largest absolute Gasteiger partial charge is 0.357 e. The van der Waals surface area contributed by atoms with Gasteiger partial charge in [0, 0.05) is 13.6 Å². The molecule has 0 aliphatic heterocycles. The lowest BCUT2D eigenvalue weighted by Gasteiger charge is -2.33. The normalized spacial score (nSPS) is 12.0. The number of aryl methyl sites for hydroxylation is 1. The highest BCUT2D eigenvalue weighted by atomic mass is 32.2. The molecule has 7 nitrogen and oxygen atoms in total. The molecule has 0 aliphatic carbocycles. The molecular formula is C28H33N3O4S. The number of hydrogen-bond acceptors (Lipinski definition) is 4. The summed E-state index contributed by atoms with van der Waals surface area (Å²) in [5.41, 5.74) is 2.95. The highest BCUT2D eigenvalue weighted by Crippen LogP contribution is 2.29. The summed E-state index contributed by atoms with van der Waals surface area (Å²) in [6.07, 6.45) is 0.382.